The molecule has 0 spiro atoms. The lowest BCUT2D eigenvalue weighted by Crippen LogP contribution is -2.25. The van der Waals surface area contributed by atoms with Crippen molar-refractivity contribution in [3.05, 3.63) is 46.8 Å². The molecule has 0 aliphatic carbocycles. The van der Waals surface area contributed by atoms with Crippen LogP contribution in [0.25, 0.3) is 0 Å². The highest BCUT2D eigenvalue weighted by Crippen LogP contribution is 2.17. The van der Waals surface area contributed by atoms with E-state index in [1.165, 1.54) is 0 Å². The van der Waals surface area contributed by atoms with Crippen molar-refractivity contribution in [2.75, 3.05) is 0 Å². The Hall–Kier alpha value is -1.70. The largest absolute Gasteiger partial charge is 0.325 e. The van der Waals surface area contributed by atoms with Gasteiger partial charge in [0, 0.05) is 13.1 Å². The van der Waals surface area contributed by atoms with Crippen LogP contribution in [-0.2, 0) is 23.1 Å². The van der Waals surface area contributed by atoms with E-state index >= 15 is 0 Å². The van der Waals surface area contributed by atoms with Crippen LogP contribution in [0.15, 0.2) is 29.2 Å². The van der Waals surface area contributed by atoms with Gasteiger partial charge in [0.05, 0.1) is 11.4 Å². The van der Waals surface area contributed by atoms with Crippen LogP contribution in [0.1, 0.15) is 22.5 Å². The Bertz CT molecular complexity index is 707. The highest BCUT2D eigenvalue weighted by atomic mass is 32.2. The molecule has 0 aliphatic rings. The number of aromatic amines is 1. The van der Waals surface area contributed by atoms with E-state index < -0.39 is 10.0 Å². The van der Waals surface area contributed by atoms with Crippen molar-refractivity contribution in [2.24, 2.45) is 5.73 Å². The predicted octanol–water partition coefficient (Wildman–Crippen LogP) is 0.964. The average molecular weight is 294 g/mol. The summed E-state index contributed by atoms with van der Waals surface area (Å²) in [6.07, 6.45) is 0. The van der Waals surface area contributed by atoms with Crippen molar-refractivity contribution in [1.29, 1.82) is 0 Å². The first-order chi connectivity index (χ1) is 9.44. The number of benzene rings is 1. The molecule has 0 saturated carbocycles. The molecule has 1 heterocycles. The summed E-state index contributed by atoms with van der Waals surface area (Å²) < 4.78 is 27.2. The maximum atomic E-state index is 12.3. The highest BCUT2D eigenvalue weighted by Gasteiger charge is 2.23. The van der Waals surface area contributed by atoms with Gasteiger partial charge in [-0.25, -0.2) is 13.1 Å². The summed E-state index contributed by atoms with van der Waals surface area (Å²) in [6.45, 7) is 3.93. The van der Waals surface area contributed by atoms with Crippen LogP contribution < -0.4 is 10.5 Å². The van der Waals surface area contributed by atoms with Crippen LogP contribution in [0.2, 0.25) is 0 Å². The molecule has 0 amide bonds. The Morgan fingerprint density at radius 3 is 2.75 bits per heavy atom. The Labute approximate surface area is 118 Å². The molecule has 108 valence electrons. The van der Waals surface area contributed by atoms with Gasteiger partial charge in [-0.2, -0.15) is 5.10 Å². The lowest BCUT2D eigenvalue weighted by molar-refractivity contribution is 0.579. The Morgan fingerprint density at radius 1 is 1.35 bits per heavy atom. The fraction of sp³-hybridized carbons (Fsp3) is 0.308. The minimum atomic E-state index is -3.63. The van der Waals surface area contributed by atoms with E-state index in [1.54, 1.807) is 6.92 Å². The van der Waals surface area contributed by atoms with Crippen LogP contribution in [0, 0.1) is 13.8 Å². The first-order valence-corrected chi connectivity index (χ1v) is 7.71. The van der Waals surface area contributed by atoms with Gasteiger partial charge in [-0.05, 0) is 19.4 Å². The van der Waals surface area contributed by atoms with Gasteiger partial charge in [0.1, 0.15) is 4.90 Å². The van der Waals surface area contributed by atoms with Gasteiger partial charge in [0.15, 0.2) is 0 Å². The number of H-pyrrole nitrogens is 1. The predicted molar refractivity (Wildman–Crippen MR) is 76.4 cm³/mol. The summed E-state index contributed by atoms with van der Waals surface area (Å²) in [7, 11) is -3.63. The van der Waals surface area contributed by atoms with Gasteiger partial charge in [0.2, 0.25) is 10.0 Å². The highest BCUT2D eigenvalue weighted by molar-refractivity contribution is 7.89. The minimum Gasteiger partial charge on any atom is -0.325 e. The van der Waals surface area contributed by atoms with Crippen LogP contribution in [0.4, 0.5) is 0 Å². The smallest absolute Gasteiger partial charge is 0.244 e. The lowest BCUT2D eigenvalue weighted by Gasteiger charge is -2.08. The van der Waals surface area contributed by atoms with E-state index in [4.69, 9.17) is 5.73 Å². The third-order valence-electron chi connectivity index (χ3n) is 2.97. The number of hydrogen-bond donors (Lipinski definition) is 3. The number of aryl methyl sites for hydroxylation is 2. The quantitative estimate of drug-likeness (QED) is 0.764. The summed E-state index contributed by atoms with van der Waals surface area (Å²) in [6, 6.07) is 7.67. The second-order valence-corrected chi connectivity index (χ2v) is 6.35. The number of nitrogens with zero attached hydrogens (tertiary/aromatic N) is 1. The van der Waals surface area contributed by atoms with Crippen LogP contribution in [0.5, 0.6) is 0 Å². The molecule has 0 saturated heterocycles. The van der Waals surface area contributed by atoms with Crippen molar-refractivity contribution in [3.8, 4) is 0 Å². The molecule has 0 fully saturated rings. The van der Waals surface area contributed by atoms with Crippen molar-refractivity contribution in [2.45, 2.75) is 31.8 Å². The van der Waals surface area contributed by atoms with E-state index in [1.807, 2.05) is 31.2 Å². The summed E-state index contributed by atoms with van der Waals surface area (Å²) >= 11 is 0. The van der Waals surface area contributed by atoms with E-state index in [-0.39, 0.29) is 18.0 Å². The van der Waals surface area contributed by atoms with Gasteiger partial charge >= 0.3 is 0 Å². The van der Waals surface area contributed by atoms with Gasteiger partial charge in [-0.15, -0.1) is 0 Å². The Kier molecular flexibility index (Phi) is 4.22. The van der Waals surface area contributed by atoms with Crippen LogP contribution in [0.3, 0.4) is 0 Å². The Morgan fingerprint density at radius 2 is 2.10 bits per heavy atom. The molecule has 0 bridgehead atoms. The molecular weight excluding hydrogens is 276 g/mol. The first-order valence-electron chi connectivity index (χ1n) is 6.23. The fourth-order valence-electron chi connectivity index (χ4n) is 2.04. The molecular formula is C13H18N4O2S. The molecule has 2 aromatic rings. The topological polar surface area (TPSA) is 101 Å². The second kappa shape index (κ2) is 5.74. The van der Waals surface area contributed by atoms with Gasteiger partial charge in [-0.3, -0.25) is 5.10 Å². The molecule has 2 rings (SSSR count). The standard InChI is InChI=1S/C13H18N4O2S/c1-9-4-3-5-11(6-9)8-15-20(18,19)13-10(2)16-17-12(13)7-14/h3-6,15H,7-8,14H2,1-2H3,(H,16,17). The fourth-order valence-corrected chi connectivity index (χ4v) is 3.43. The van der Waals surface area contributed by atoms with Crippen molar-refractivity contribution >= 4 is 10.0 Å². The second-order valence-electron chi connectivity index (χ2n) is 4.64. The SMILES string of the molecule is Cc1cccc(CNS(=O)(=O)c2c(CN)n[nH]c2C)c1. The number of nitrogens with one attached hydrogen (secondary N) is 2. The number of rotatable bonds is 5. The molecule has 7 heteroatoms. The van der Waals surface area contributed by atoms with Crippen molar-refractivity contribution in [3.63, 3.8) is 0 Å². The summed E-state index contributed by atoms with van der Waals surface area (Å²) in [5.74, 6) is 0. The molecule has 4 N–H and O–H groups in total. The van der Waals surface area contributed by atoms with Crippen LogP contribution >= 0.6 is 0 Å². The normalized spacial score (nSPS) is 11.8. The van der Waals surface area contributed by atoms with Gasteiger partial charge < -0.3 is 5.73 Å². The maximum Gasteiger partial charge on any atom is 0.244 e. The number of hydrogen-bond acceptors (Lipinski definition) is 4. The van der Waals surface area contributed by atoms with Crippen molar-refractivity contribution < 1.29 is 8.42 Å². The third kappa shape index (κ3) is 3.06. The first kappa shape index (κ1) is 14.7. The minimum absolute atomic E-state index is 0.0744. The van der Waals surface area contributed by atoms with Gasteiger partial charge in [0.25, 0.3) is 0 Å². The van der Waals surface area contributed by atoms with E-state index in [9.17, 15) is 8.42 Å². The average Bonchev–Trinajstić information content (AvgIpc) is 2.78. The third-order valence-corrected chi connectivity index (χ3v) is 4.58. The Balaban J connectivity index is 2.21. The molecule has 1 aromatic carbocycles. The van der Waals surface area contributed by atoms with Crippen LogP contribution in [-0.4, -0.2) is 18.6 Å². The van der Waals surface area contributed by atoms with E-state index in [0.29, 0.717) is 11.4 Å². The molecule has 0 radical (unpaired) electrons. The van der Waals surface area contributed by atoms with E-state index in [2.05, 4.69) is 14.9 Å². The van der Waals surface area contributed by atoms with Gasteiger partial charge in [-0.1, -0.05) is 29.8 Å². The molecule has 20 heavy (non-hydrogen) atoms. The zero-order chi connectivity index (χ0) is 14.8. The molecule has 6 nitrogen and oxygen atoms in total. The summed E-state index contributed by atoms with van der Waals surface area (Å²) in [5.41, 5.74) is 8.34. The summed E-state index contributed by atoms with van der Waals surface area (Å²) in [5, 5.41) is 6.55. The molecule has 0 unspecified atom stereocenters. The monoisotopic (exact) mass is 294 g/mol. The molecule has 0 aliphatic heterocycles. The molecule has 1 aromatic heterocycles. The molecule has 0 atom stereocenters. The number of nitrogens with two attached hydrogens (primary N) is 1. The zero-order valence-corrected chi connectivity index (χ0v) is 12.3. The lowest BCUT2D eigenvalue weighted by atomic mass is 10.1. The maximum absolute atomic E-state index is 12.3. The number of sulfonamides is 1. The summed E-state index contributed by atoms with van der Waals surface area (Å²) in [4.78, 5) is 0.146. The zero-order valence-electron chi connectivity index (χ0n) is 11.5. The number of aromatic nitrogens is 2. The van der Waals surface area contributed by atoms with Crippen molar-refractivity contribution in [1.82, 2.24) is 14.9 Å². The van der Waals surface area contributed by atoms with E-state index in [0.717, 1.165) is 11.1 Å².